The standard InChI is InChI=1S/C14H8Cl2N2O2S/c15-9-3-1-2-4-10(9)18-7-8(14(19)20)13(17-18)11-5-6-12(16)21-11/h1-7H,(H,19,20). The summed E-state index contributed by atoms with van der Waals surface area (Å²) in [5.41, 5.74) is 1.10. The number of aromatic carboxylic acids is 1. The summed E-state index contributed by atoms with van der Waals surface area (Å²) >= 11 is 13.3. The van der Waals surface area contributed by atoms with Gasteiger partial charge in [-0.05, 0) is 24.3 Å². The molecule has 3 rings (SSSR count). The van der Waals surface area contributed by atoms with Crippen molar-refractivity contribution in [2.45, 2.75) is 0 Å². The number of thiophene rings is 1. The number of nitrogens with zero attached hydrogens (tertiary/aromatic N) is 2. The first-order chi connectivity index (χ1) is 10.1. The van der Waals surface area contributed by atoms with Crippen molar-refractivity contribution < 1.29 is 9.90 Å². The van der Waals surface area contributed by atoms with E-state index in [0.29, 0.717) is 25.6 Å². The SMILES string of the molecule is O=C(O)c1cn(-c2ccccc2Cl)nc1-c1ccc(Cl)s1. The van der Waals surface area contributed by atoms with Crippen LogP contribution in [0.1, 0.15) is 10.4 Å². The van der Waals surface area contributed by atoms with Crippen LogP contribution < -0.4 is 0 Å². The van der Waals surface area contributed by atoms with Crippen LogP contribution >= 0.6 is 34.5 Å². The lowest BCUT2D eigenvalue weighted by Gasteiger charge is -2.02. The Hall–Kier alpha value is -1.82. The van der Waals surface area contributed by atoms with Crippen LogP contribution in [0.4, 0.5) is 0 Å². The normalized spacial score (nSPS) is 10.8. The minimum atomic E-state index is -1.05. The van der Waals surface area contributed by atoms with Gasteiger partial charge in [0, 0.05) is 6.20 Å². The van der Waals surface area contributed by atoms with Crippen LogP contribution in [0, 0.1) is 0 Å². The van der Waals surface area contributed by atoms with Crippen molar-refractivity contribution in [2.24, 2.45) is 0 Å². The van der Waals surface area contributed by atoms with Crippen LogP contribution in [0.3, 0.4) is 0 Å². The molecule has 4 nitrogen and oxygen atoms in total. The van der Waals surface area contributed by atoms with E-state index in [-0.39, 0.29) is 5.56 Å². The summed E-state index contributed by atoms with van der Waals surface area (Å²) < 4.78 is 2.04. The second-order valence-corrected chi connectivity index (χ2v) is 6.32. The molecule has 0 saturated carbocycles. The topological polar surface area (TPSA) is 55.1 Å². The van der Waals surface area contributed by atoms with Crippen LogP contribution in [-0.2, 0) is 0 Å². The van der Waals surface area contributed by atoms with Crippen LogP contribution in [0.25, 0.3) is 16.3 Å². The largest absolute Gasteiger partial charge is 0.478 e. The highest BCUT2D eigenvalue weighted by molar-refractivity contribution is 7.19. The van der Waals surface area contributed by atoms with Gasteiger partial charge in [-0.3, -0.25) is 0 Å². The quantitative estimate of drug-likeness (QED) is 0.758. The molecule has 0 aliphatic heterocycles. The van der Waals surface area contributed by atoms with E-state index in [1.165, 1.54) is 22.2 Å². The maximum absolute atomic E-state index is 11.4. The number of benzene rings is 1. The first kappa shape index (κ1) is 14.1. The van der Waals surface area contributed by atoms with Crippen LogP contribution in [-0.4, -0.2) is 20.9 Å². The molecule has 0 aliphatic rings. The number of para-hydroxylation sites is 1. The third kappa shape index (κ3) is 2.68. The number of carboxylic acid groups (broad SMARTS) is 1. The molecule has 0 unspecified atom stereocenters. The molecule has 3 aromatic rings. The Morgan fingerprint density at radius 2 is 1.95 bits per heavy atom. The van der Waals surface area contributed by atoms with Crippen LogP contribution in [0.15, 0.2) is 42.6 Å². The van der Waals surface area contributed by atoms with Gasteiger partial charge in [-0.2, -0.15) is 5.10 Å². The fraction of sp³-hybridized carbons (Fsp3) is 0. The summed E-state index contributed by atoms with van der Waals surface area (Å²) in [7, 11) is 0. The molecule has 2 heterocycles. The molecule has 21 heavy (non-hydrogen) atoms. The van der Waals surface area contributed by atoms with Gasteiger partial charge in [0.05, 0.1) is 19.9 Å². The number of carboxylic acids is 1. The summed E-state index contributed by atoms with van der Waals surface area (Å²) in [6.45, 7) is 0. The molecule has 0 aliphatic carbocycles. The lowest BCUT2D eigenvalue weighted by molar-refractivity contribution is 0.0697. The van der Waals surface area contributed by atoms with Gasteiger partial charge >= 0.3 is 5.97 Å². The second-order valence-electron chi connectivity index (χ2n) is 4.20. The third-order valence-electron chi connectivity index (χ3n) is 2.85. The van der Waals surface area contributed by atoms with E-state index >= 15 is 0 Å². The average Bonchev–Trinajstić information content (AvgIpc) is 3.05. The fourth-order valence-electron chi connectivity index (χ4n) is 1.91. The van der Waals surface area contributed by atoms with Crippen LogP contribution in [0.2, 0.25) is 9.36 Å². The lowest BCUT2D eigenvalue weighted by Crippen LogP contribution is -1.96. The van der Waals surface area contributed by atoms with E-state index < -0.39 is 5.97 Å². The van der Waals surface area contributed by atoms with E-state index in [0.717, 1.165) is 0 Å². The van der Waals surface area contributed by atoms with Crippen molar-refractivity contribution in [1.29, 1.82) is 0 Å². The van der Waals surface area contributed by atoms with Gasteiger partial charge < -0.3 is 5.11 Å². The molecular weight excluding hydrogens is 331 g/mol. The van der Waals surface area contributed by atoms with Gasteiger partial charge in [0.2, 0.25) is 0 Å². The Balaban J connectivity index is 2.18. The van der Waals surface area contributed by atoms with Crippen molar-refractivity contribution in [3.63, 3.8) is 0 Å². The zero-order valence-electron chi connectivity index (χ0n) is 10.5. The van der Waals surface area contributed by atoms with E-state index in [2.05, 4.69) is 5.10 Å². The number of halogens is 2. The Kier molecular flexibility index (Phi) is 3.71. The van der Waals surface area contributed by atoms with Gasteiger partial charge in [0.1, 0.15) is 11.3 Å². The Labute approximate surface area is 134 Å². The molecule has 0 atom stereocenters. The molecule has 2 aromatic heterocycles. The van der Waals surface area contributed by atoms with Gasteiger partial charge in [-0.15, -0.1) is 11.3 Å². The molecule has 0 fully saturated rings. The smallest absolute Gasteiger partial charge is 0.339 e. The zero-order chi connectivity index (χ0) is 15.0. The molecule has 106 valence electrons. The highest BCUT2D eigenvalue weighted by Gasteiger charge is 2.19. The summed E-state index contributed by atoms with van der Waals surface area (Å²) in [5, 5.41) is 14.2. The monoisotopic (exact) mass is 338 g/mol. The van der Waals surface area contributed by atoms with Crippen molar-refractivity contribution in [3.8, 4) is 16.3 Å². The Bertz CT molecular complexity index is 826. The van der Waals surface area contributed by atoms with Crippen molar-refractivity contribution in [3.05, 3.63) is 57.5 Å². The highest BCUT2D eigenvalue weighted by atomic mass is 35.5. The predicted octanol–water partition coefficient (Wildman–Crippen LogP) is 4.61. The molecular formula is C14H8Cl2N2O2S. The van der Waals surface area contributed by atoms with Gasteiger partial charge in [0.25, 0.3) is 0 Å². The predicted molar refractivity (Wildman–Crippen MR) is 83.9 cm³/mol. The highest BCUT2D eigenvalue weighted by Crippen LogP contribution is 2.33. The minimum Gasteiger partial charge on any atom is -0.478 e. The summed E-state index contributed by atoms with van der Waals surface area (Å²) in [4.78, 5) is 12.1. The lowest BCUT2D eigenvalue weighted by atomic mass is 10.2. The fourth-order valence-corrected chi connectivity index (χ4v) is 3.18. The van der Waals surface area contributed by atoms with Gasteiger partial charge in [0.15, 0.2) is 0 Å². The molecule has 0 radical (unpaired) electrons. The number of rotatable bonds is 3. The van der Waals surface area contributed by atoms with E-state index in [1.807, 2.05) is 6.07 Å². The number of aromatic nitrogens is 2. The summed E-state index contributed by atoms with van der Waals surface area (Å²) in [6.07, 6.45) is 1.45. The Morgan fingerprint density at radius 3 is 2.57 bits per heavy atom. The Morgan fingerprint density at radius 1 is 1.19 bits per heavy atom. The molecule has 1 N–H and O–H groups in total. The molecule has 1 aromatic carbocycles. The second kappa shape index (κ2) is 5.52. The molecule has 0 spiro atoms. The number of hydrogen-bond donors (Lipinski definition) is 1. The minimum absolute atomic E-state index is 0.105. The summed E-state index contributed by atoms with van der Waals surface area (Å²) in [5.74, 6) is -1.05. The van der Waals surface area contributed by atoms with Crippen LogP contribution in [0.5, 0.6) is 0 Å². The molecule has 0 bridgehead atoms. The molecule has 7 heteroatoms. The van der Waals surface area contributed by atoms with Crippen molar-refractivity contribution in [1.82, 2.24) is 9.78 Å². The van der Waals surface area contributed by atoms with E-state index in [9.17, 15) is 9.90 Å². The third-order valence-corrected chi connectivity index (χ3v) is 4.41. The first-order valence-corrected chi connectivity index (χ1v) is 7.47. The first-order valence-electron chi connectivity index (χ1n) is 5.90. The zero-order valence-corrected chi connectivity index (χ0v) is 12.8. The van der Waals surface area contributed by atoms with Gasteiger partial charge in [-0.1, -0.05) is 35.3 Å². The van der Waals surface area contributed by atoms with Crippen molar-refractivity contribution in [2.75, 3.05) is 0 Å². The maximum atomic E-state index is 11.4. The van der Waals surface area contributed by atoms with E-state index in [4.69, 9.17) is 23.2 Å². The summed E-state index contributed by atoms with van der Waals surface area (Å²) in [6, 6.07) is 10.6. The average molecular weight is 339 g/mol. The van der Waals surface area contributed by atoms with Gasteiger partial charge in [-0.25, -0.2) is 9.48 Å². The maximum Gasteiger partial charge on any atom is 0.339 e. The van der Waals surface area contributed by atoms with Crippen molar-refractivity contribution >= 4 is 40.5 Å². The molecule has 0 amide bonds. The molecule has 0 saturated heterocycles. The number of hydrogen-bond acceptors (Lipinski definition) is 3. The number of carbonyl (C=O) groups is 1. The van der Waals surface area contributed by atoms with E-state index in [1.54, 1.807) is 30.3 Å².